The first-order chi connectivity index (χ1) is 11.1. The molecule has 2 aromatic rings. The first-order valence-corrected chi connectivity index (χ1v) is 7.63. The van der Waals surface area contributed by atoms with Crippen LogP contribution in [0.3, 0.4) is 0 Å². The normalized spacial score (nSPS) is 10.2. The summed E-state index contributed by atoms with van der Waals surface area (Å²) in [4.78, 5) is 25.7. The molecule has 2 aromatic carbocycles. The van der Waals surface area contributed by atoms with Gasteiger partial charge in [0.1, 0.15) is 0 Å². The monoisotopic (exact) mass is 331 g/mol. The van der Waals surface area contributed by atoms with Crippen LogP contribution in [0.4, 0.5) is 0 Å². The average Bonchev–Trinajstić information content (AvgIpc) is 2.60. The van der Waals surface area contributed by atoms with Crippen LogP contribution < -0.4 is 0 Å². The van der Waals surface area contributed by atoms with Crippen LogP contribution in [0.15, 0.2) is 54.6 Å². The van der Waals surface area contributed by atoms with Crippen LogP contribution in [-0.2, 0) is 16.1 Å². The zero-order chi connectivity index (χ0) is 16.7. The number of ether oxygens (including phenoxy) is 1. The van der Waals surface area contributed by atoms with E-state index in [1.54, 1.807) is 29.2 Å². The van der Waals surface area contributed by atoms with E-state index in [-0.39, 0.29) is 18.3 Å². The Morgan fingerprint density at radius 3 is 2.30 bits per heavy atom. The number of halogens is 1. The van der Waals surface area contributed by atoms with Crippen molar-refractivity contribution < 1.29 is 14.3 Å². The lowest BCUT2D eigenvalue weighted by molar-refractivity contribution is -0.140. The Morgan fingerprint density at radius 1 is 1.04 bits per heavy atom. The second-order valence-electron chi connectivity index (χ2n) is 5.05. The van der Waals surface area contributed by atoms with Gasteiger partial charge in [0.05, 0.1) is 13.5 Å². The van der Waals surface area contributed by atoms with Crippen molar-refractivity contribution in [1.82, 2.24) is 4.90 Å². The topological polar surface area (TPSA) is 46.6 Å². The van der Waals surface area contributed by atoms with Gasteiger partial charge < -0.3 is 9.64 Å². The highest BCUT2D eigenvalue weighted by atomic mass is 35.5. The van der Waals surface area contributed by atoms with Crippen molar-refractivity contribution in [3.63, 3.8) is 0 Å². The zero-order valence-electron chi connectivity index (χ0n) is 12.9. The Balaban J connectivity index is 2.15. The Morgan fingerprint density at radius 2 is 1.70 bits per heavy atom. The molecule has 1 amide bonds. The van der Waals surface area contributed by atoms with Gasteiger partial charge in [0.2, 0.25) is 0 Å². The lowest BCUT2D eigenvalue weighted by atomic mass is 10.1. The molecule has 120 valence electrons. The molecule has 4 nitrogen and oxygen atoms in total. The van der Waals surface area contributed by atoms with Crippen molar-refractivity contribution in [1.29, 1.82) is 0 Å². The van der Waals surface area contributed by atoms with E-state index in [9.17, 15) is 9.59 Å². The molecule has 0 N–H and O–H groups in total. The number of nitrogens with zero attached hydrogens (tertiary/aromatic N) is 1. The Bertz CT molecular complexity index is 656. The van der Waals surface area contributed by atoms with E-state index < -0.39 is 0 Å². The maximum atomic E-state index is 12.7. The summed E-state index contributed by atoms with van der Waals surface area (Å²) >= 11 is 5.89. The summed E-state index contributed by atoms with van der Waals surface area (Å²) in [5.41, 5.74) is 1.54. The molecule has 23 heavy (non-hydrogen) atoms. The summed E-state index contributed by atoms with van der Waals surface area (Å²) in [6.07, 6.45) is 0.155. The summed E-state index contributed by atoms with van der Waals surface area (Å²) in [6, 6.07) is 16.3. The van der Waals surface area contributed by atoms with Crippen molar-refractivity contribution in [2.75, 3.05) is 13.7 Å². The first kappa shape index (κ1) is 17.0. The van der Waals surface area contributed by atoms with Gasteiger partial charge in [-0.25, -0.2) is 0 Å². The van der Waals surface area contributed by atoms with Crippen molar-refractivity contribution in [3.8, 4) is 0 Å². The van der Waals surface area contributed by atoms with Gasteiger partial charge in [-0.05, 0) is 29.8 Å². The van der Waals surface area contributed by atoms with Crippen LogP contribution >= 0.6 is 11.6 Å². The third-order valence-electron chi connectivity index (χ3n) is 3.41. The Labute approximate surface area is 140 Å². The number of amides is 1. The highest BCUT2D eigenvalue weighted by Gasteiger charge is 2.17. The molecule has 0 aliphatic rings. The molecule has 0 aliphatic carbocycles. The molecule has 0 bridgehead atoms. The molecule has 0 radical (unpaired) electrons. The number of benzene rings is 2. The molecule has 0 fully saturated rings. The van der Waals surface area contributed by atoms with Gasteiger partial charge in [0.25, 0.3) is 5.91 Å². The lowest BCUT2D eigenvalue weighted by Gasteiger charge is -2.22. The fraction of sp³-hybridized carbons (Fsp3) is 0.222. The van der Waals surface area contributed by atoms with Gasteiger partial charge in [-0.1, -0.05) is 41.9 Å². The summed E-state index contributed by atoms with van der Waals surface area (Å²) in [5.74, 6) is -0.462. The smallest absolute Gasteiger partial charge is 0.307 e. The van der Waals surface area contributed by atoms with E-state index in [2.05, 4.69) is 4.74 Å². The van der Waals surface area contributed by atoms with Crippen molar-refractivity contribution >= 4 is 23.5 Å². The molecule has 0 heterocycles. The van der Waals surface area contributed by atoms with Gasteiger partial charge in [-0.2, -0.15) is 0 Å². The number of methoxy groups -OCH3 is 1. The largest absolute Gasteiger partial charge is 0.469 e. The highest BCUT2D eigenvalue weighted by molar-refractivity contribution is 6.30. The Hall–Kier alpha value is -2.33. The van der Waals surface area contributed by atoms with Gasteiger partial charge in [0, 0.05) is 23.7 Å². The predicted molar refractivity (Wildman–Crippen MR) is 89.3 cm³/mol. The summed E-state index contributed by atoms with van der Waals surface area (Å²) in [7, 11) is 1.34. The molecule has 0 atom stereocenters. The molecule has 0 saturated heterocycles. The van der Waals surface area contributed by atoms with E-state index in [0.29, 0.717) is 23.7 Å². The summed E-state index contributed by atoms with van der Waals surface area (Å²) in [5, 5.41) is 0.643. The number of rotatable bonds is 6. The maximum Gasteiger partial charge on any atom is 0.307 e. The third-order valence-corrected chi connectivity index (χ3v) is 3.66. The standard InChI is InChI=1S/C18H18ClNO3/c1-23-17(21)11-12-20(13-14-7-9-16(19)10-8-14)18(22)15-5-3-2-4-6-15/h2-10H,11-13H2,1H3. The van der Waals surface area contributed by atoms with E-state index >= 15 is 0 Å². The number of hydrogen-bond donors (Lipinski definition) is 0. The summed E-state index contributed by atoms with van der Waals surface area (Å²) < 4.78 is 4.66. The lowest BCUT2D eigenvalue weighted by Crippen LogP contribution is -2.32. The van der Waals surface area contributed by atoms with Crippen molar-refractivity contribution in [2.45, 2.75) is 13.0 Å². The molecule has 5 heteroatoms. The number of carbonyl (C=O) groups is 2. The molecule has 0 aliphatic heterocycles. The van der Waals surface area contributed by atoms with Crippen LogP contribution in [-0.4, -0.2) is 30.4 Å². The van der Waals surface area contributed by atoms with E-state index in [4.69, 9.17) is 11.6 Å². The molecule has 0 aromatic heterocycles. The SMILES string of the molecule is COC(=O)CCN(Cc1ccc(Cl)cc1)C(=O)c1ccccc1. The van der Waals surface area contributed by atoms with Gasteiger partial charge in [-0.3, -0.25) is 9.59 Å². The quantitative estimate of drug-likeness (QED) is 0.760. The maximum absolute atomic E-state index is 12.7. The number of hydrogen-bond acceptors (Lipinski definition) is 3. The molecule has 0 saturated carbocycles. The molecule has 0 spiro atoms. The fourth-order valence-electron chi connectivity index (χ4n) is 2.15. The molecule has 0 unspecified atom stereocenters. The van der Waals surface area contributed by atoms with Gasteiger partial charge >= 0.3 is 5.97 Å². The zero-order valence-corrected chi connectivity index (χ0v) is 13.6. The minimum atomic E-state index is -0.341. The van der Waals surface area contributed by atoms with Crippen LogP contribution in [0.5, 0.6) is 0 Å². The van der Waals surface area contributed by atoms with E-state index in [0.717, 1.165) is 5.56 Å². The van der Waals surface area contributed by atoms with Crippen LogP contribution in [0.1, 0.15) is 22.3 Å². The van der Waals surface area contributed by atoms with Crippen molar-refractivity contribution in [3.05, 3.63) is 70.7 Å². The third kappa shape index (κ3) is 5.11. The van der Waals surface area contributed by atoms with Crippen LogP contribution in [0.2, 0.25) is 5.02 Å². The molecular formula is C18H18ClNO3. The van der Waals surface area contributed by atoms with E-state index in [1.807, 2.05) is 30.3 Å². The second kappa shape index (κ2) is 8.34. The van der Waals surface area contributed by atoms with Gasteiger partial charge in [0.15, 0.2) is 0 Å². The fourth-order valence-corrected chi connectivity index (χ4v) is 2.28. The minimum absolute atomic E-state index is 0.121. The predicted octanol–water partition coefficient (Wildman–Crippen LogP) is 3.55. The highest BCUT2D eigenvalue weighted by Crippen LogP contribution is 2.14. The van der Waals surface area contributed by atoms with Crippen molar-refractivity contribution in [2.24, 2.45) is 0 Å². The van der Waals surface area contributed by atoms with Crippen LogP contribution in [0, 0.1) is 0 Å². The molecule has 2 rings (SSSR count). The average molecular weight is 332 g/mol. The molecular weight excluding hydrogens is 314 g/mol. The first-order valence-electron chi connectivity index (χ1n) is 7.25. The Kier molecular flexibility index (Phi) is 6.18. The van der Waals surface area contributed by atoms with Gasteiger partial charge in [-0.15, -0.1) is 0 Å². The minimum Gasteiger partial charge on any atom is -0.469 e. The van der Waals surface area contributed by atoms with Crippen LogP contribution in [0.25, 0.3) is 0 Å². The second-order valence-corrected chi connectivity index (χ2v) is 5.48. The summed E-state index contributed by atoms with van der Waals surface area (Å²) in [6.45, 7) is 0.699. The number of esters is 1. The number of carbonyl (C=O) groups excluding carboxylic acids is 2. The van der Waals surface area contributed by atoms with E-state index in [1.165, 1.54) is 7.11 Å².